The molecule has 0 bridgehead atoms. The molecule has 2 heterocycles. The van der Waals surface area contributed by atoms with Crippen LogP contribution in [0.5, 0.6) is 5.75 Å². The lowest BCUT2D eigenvalue weighted by molar-refractivity contribution is 0.103. The topological polar surface area (TPSA) is 96.2 Å². The van der Waals surface area contributed by atoms with E-state index in [0.29, 0.717) is 28.4 Å². The summed E-state index contributed by atoms with van der Waals surface area (Å²) in [4.78, 5) is 26.7. The first-order valence-electron chi connectivity index (χ1n) is 13.1. The van der Waals surface area contributed by atoms with E-state index in [2.05, 4.69) is 15.7 Å². The Balaban J connectivity index is 1.23. The highest BCUT2D eigenvalue weighted by atomic mass is 32.1. The Bertz CT molecular complexity index is 1620. The van der Waals surface area contributed by atoms with Crippen molar-refractivity contribution in [2.75, 3.05) is 11.9 Å². The molecule has 39 heavy (non-hydrogen) atoms. The van der Waals surface area contributed by atoms with Crippen LogP contribution in [-0.4, -0.2) is 33.4 Å². The fraction of sp³-hybridized carbons (Fsp3) is 0.194. The molecule has 5 aromatic rings. The largest absolute Gasteiger partial charge is 0.507 e. The summed E-state index contributed by atoms with van der Waals surface area (Å²) in [5.74, 6) is 0.0691. The van der Waals surface area contributed by atoms with Gasteiger partial charge in [-0.1, -0.05) is 55.0 Å². The number of aromatic hydroxyl groups is 1. The minimum absolute atomic E-state index is 0.0316. The van der Waals surface area contributed by atoms with Crippen LogP contribution in [0, 0.1) is 0 Å². The van der Waals surface area contributed by atoms with Gasteiger partial charge in [0.05, 0.1) is 16.3 Å². The van der Waals surface area contributed by atoms with Crippen LogP contribution >= 0.6 is 11.3 Å². The fourth-order valence-electron chi connectivity index (χ4n) is 4.82. The van der Waals surface area contributed by atoms with E-state index in [1.807, 2.05) is 66.7 Å². The van der Waals surface area contributed by atoms with E-state index in [9.17, 15) is 14.7 Å². The Labute approximate surface area is 230 Å². The van der Waals surface area contributed by atoms with Gasteiger partial charge in [0, 0.05) is 28.4 Å². The third-order valence-corrected chi connectivity index (χ3v) is 8.28. The van der Waals surface area contributed by atoms with Crippen LogP contribution in [-0.2, 0) is 6.42 Å². The monoisotopic (exact) mass is 536 g/mol. The Morgan fingerprint density at radius 2 is 1.77 bits per heavy atom. The van der Waals surface area contributed by atoms with Gasteiger partial charge in [-0.05, 0) is 66.6 Å². The van der Waals surface area contributed by atoms with Gasteiger partial charge >= 0.3 is 6.03 Å². The van der Waals surface area contributed by atoms with E-state index in [-0.39, 0.29) is 23.6 Å². The molecule has 3 aromatic carbocycles. The quantitative estimate of drug-likeness (QED) is 0.200. The average Bonchev–Trinajstić information content (AvgIpc) is 3.54. The van der Waals surface area contributed by atoms with E-state index < -0.39 is 0 Å². The third kappa shape index (κ3) is 5.28. The maximum atomic E-state index is 13.1. The van der Waals surface area contributed by atoms with Gasteiger partial charge in [-0.2, -0.15) is 9.78 Å². The van der Waals surface area contributed by atoms with E-state index in [1.54, 1.807) is 12.1 Å². The molecule has 6 rings (SSSR count). The van der Waals surface area contributed by atoms with Crippen molar-refractivity contribution < 1.29 is 14.7 Å². The van der Waals surface area contributed by atoms with E-state index in [4.69, 9.17) is 0 Å². The number of hydrogen-bond acceptors (Lipinski definition) is 5. The van der Waals surface area contributed by atoms with Crippen molar-refractivity contribution in [1.29, 1.82) is 0 Å². The van der Waals surface area contributed by atoms with Crippen LogP contribution in [0.15, 0.2) is 84.9 Å². The summed E-state index contributed by atoms with van der Waals surface area (Å²) in [6, 6.07) is 26.2. The predicted molar refractivity (Wildman–Crippen MR) is 155 cm³/mol. The zero-order valence-electron chi connectivity index (χ0n) is 21.3. The maximum Gasteiger partial charge on any atom is 0.342 e. The van der Waals surface area contributed by atoms with Gasteiger partial charge in [0.25, 0.3) is 5.91 Å². The fourth-order valence-corrected chi connectivity index (χ4v) is 5.78. The molecule has 0 unspecified atom stereocenters. The van der Waals surface area contributed by atoms with Crippen molar-refractivity contribution in [3.8, 4) is 17.0 Å². The van der Waals surface area contributed by atoms with Gasteiger partial charge < -0.3 is 15.7 Å². The number of fused-ring (bicyclic) bond motifs is 1. The van der Waals surface area contributed by atoms with Gasteiger partial charge in [0.15, 0.2) is 0 Å². The molecule has 1 aliphatic rings. The molecule has 196 valence electrons. The number of nitrogens with one attached hydrogen (secondary N) is 2. The standard InChI is InChI=1S/C31H28N4O3S/c36-27-14-13-23(33-30(37)29-17-22-9-4-5-12-28(22)39-29)18-24(27)25-19-26(21-10-6-11-21)35(34-25)31(38)32-16-15-20-7-2-1-3-8-20/h1-5,7-9,12-14,17-19,21,36H,6,10-11,15-16H2,(H,32,38)(H,33,37). The van der Waals surface area contributed by atoms with Crippen molar-refractivity contribution in [3.63, 3.8) is 0 Å². The molecule has 7 nitrogen and oxygen atoms in total. The van der Waals surface area contributed by atoms with E-state index in [1.165, 1.54) is 22.1 Å². The normalized spacial score (nSPS) is 13.2. The summed E-state index contributed by atoms with van der Waals surface area (Å²) < 4.78 is 2.48. The highest BCUT2D eigenvalue weighted by Gasteiger charge is 2.27. The lowest BCUT2D eigenvalue weighted by Crippen LogP contribution is -2.33. The van der Waals surface area contributed by atoms with E-state index >= 15 is 0 Å². The molecular formula is C31H28N4O3S. The molecule has 0 spiro atoms. The second-order valence-corrected chi connectivity index (χ2v) is 10.9. The first-order chi connectivity index (χ1) is 19.0. The molecule has 0 aliphatic heterocycles. The van der Waals surface area contributed by atoms with Crippen molar-refractivity contribution in [1.82, 2.24) is 15.1 Å². The number of hydrogen-bond donors (Lipinski definition) is 3. The SMILES string of the molecule is O=C(Nc1ccc(O)c(-c2cc(C3CCC3)n(C(=O)NCCc3ccccc3)n2)c1)c1cc2ccccc2s1. The molecule has 0 atom stereocenters. The molecule has 1 aliphatic carbocycles. The Hall–Kier alpha value is -4.43. The highest BCUT2D eigenvalue weighted by molar-refractivity contribution is 7.20. The van der Waals surface area contributed by atoms with Gasteiger partial charge in [-0.25, -0.2) is 4.79 Å². The number of benzene rings is 3. The summed E-state index contributed by atoms with van der Waals surface area (Å²) in [7, 11) is 0. The average molecular weight is 537 g/mol. The Kier molecular flexibility index (Phi) is 6.85. The lowest BCUT2D eigenvalue weighted by Gasteiger charge is -2.25. The summed E-state index contributed by atoms with van der Waals surface area (Å²) in [6.07, 6.45) is 3.84. The minimum atomic E-state index is -0.284. The second kappa shape index (κ2) is 10.7. The van der Waals surface area contributed by atoms with Crippen LogP contribution in [0.2, 0.25) is 0 Å². The molecule has 1 saturated carbocycles. The van der Waals surface area contributed by atoms with Crippen LogP contribution in [0.1, 0.15) is 46.1 Å². The van der Waals surface area contributed by atoms with Crippen LogP contribution < -0.4 is 10.6 Å². The number of phenols is 1. The molecule has 2 amide bonds. The molecule has 2 aromatic heterocycles. The Morgan fingerprint density at radius 3 is 2.54 bits per heavy atom. The van der Waals surface area contributed by atoms with Crippen LogP contribution in [0.25, 0.3) is 21.3 Å². The molecule has 3 N–H and O–H groups in total. The molecular weight excluding hydrogens is 508 g/mol. The first-order valence-corrected chi connectivity index (χ1v) is 13.9. The van der Waals surface area contributed by atoms with Gasteiger partial charge in [0.1, 0.15) is 5.75 Å². The number of nitrogens with zero attached hydrogens (tertiary/aromatic N) is 2. The molecule has 1 fully saturated rings. The number of carbonyl (C=O) groups is 2. The zero-order chi connectivity index (χ0) is 26.8. The number of amides is 2. The van der Waals surface area contributed by atoms with Crippen molar-refractivity contribution in [2.45, 2.75) is 31.6 Å². The Morgan fingerprint density at radius 1 is 0.974 bits per heavy atom. The van der Waals surface area contributed by atoms with Crippen LogP contribution in [0.4, 0.5) is 10.5 Å². The number of thiophene rings is 1. The van der Waals surface area contributed by atoms with Gasteiger partial charge in [-0.15, -0.1) is 11.3 Å². The molecule has 0 radical (unpaired) electrons. The smallest absolute Gasteiger partial charge is 0.342 e. The summed E-state index contributed by atoms with van der Waals surface area (Å²) >= 11 is 1.43. The maximum absolute atomic E-state index is 13.1. The molecule has 0 saturated heterocycles. The molecule has 8 heteroatoms. The lowest BCUT2D eigenvalue weighted by atomic mass is 9.82. The minimum Gasteiger partial charge on any atom is -0.507 e. The summed E-state index contributed by atoms with van der Waals surface area (Å²) in [5.41, 5.74) is 3.48. The predicted octanol–water partition coefficient (Wildman–Crippen LogP) is 6.79. The second-order valence-electron chi connectivity index (χ2n) is 9.80. The number of aromatic nitrogens is 2. The number of phenolic OH excluding ortho intramolecular Hbond substituents is 1. The van der Waals surface area contributed by atoms with Crippen LogP contribution in [0.3, 0.4) is 0 Å². The number of carbonyl (C=O) groups excluding carboxylic acids is 2. The van der Waals surface area contributed by atoms with Crippen molar-refractivity contribution in [3.05, 3.63) is 101 Å². The third-order valence-electron chi connectivity index (χ3n) is 7.17. The number of rotatable bonds is 7. The van der Waals surface area contributed by atoms with E-state index in [0.717, 1.165) is 47.0 Å². The number of anilines is 1. The van der Waals surface area contributed by atoms with Gasteiger partial charge in [0.2, 0.25) is 0 Å². The summed E-state index contributed by atoms with van der Waals surface area (Å²) in [5, 5.41) is 22.2. The first kappa shape index (κ1) is 24.9. The van der Waals surface area contributed by atoms with Crippen molar-refractivity contribution >= 4 is 39.0 Å². The van der Waals surface area contributed by atoms with Crippen molar-refractivity contribution in [2.24, 2.45) is 0 Å². The van der Waals surface area contributed by atoms with Gasteiger partial charge in [-0.3, -0.25) is 4.79 Å². The highest BCUT2D eigenvalue weighted by Crippen LogP contribution is 2.39. The zero-order valence-corrected chi connectivity index (χ0v) is 22.1. The summed E-state index contributed by atoms with van der Waals surface area (Å²) in [6.45, 7) is 0.493.